The minimum absolute atomic E-state index is 0.119. The monoisotopic (exact) mass is 286 g/mol. The molecule has 0 fully saturated rings. The number of non-ortho nitro benzene ring substituents is 1. The van der Waals surface area contributed by atoms with Gasteiger partial charge < -0.3 is 10.4 Å². The first kappa shape index (κ1) is 14.5. The summed E-state index contributed by atoms with van der Waals surface area (Å²) >= 11 is 0. The summed E-state index contributed by atoms with van der Waals surface area (Å²) in [7, 11) is 0. The van der Waals surface area contributed by atoms with Crippen molar-refractivity contribution in [2.45, 2.75) is 13.0 Å². The van der Waals surface area contributed by atoms with Crippen LogP contribution < -0.4 is 5.32 Å². The normalized spacial score (nSPS) is 11.7. The molecule has 0 amide bonds. The molecular formula is C15H14N2O4. The zero-order valence-electron chi connectivity index (χ0n) is 11.3. The Kier molecular flexibility index (Phi) is 4.18. The number of carboxylic acid groups (broad SMARTS) is 1. The molecule has 0 spiro atoms. The standard InChI is InChI=1S/C15H14N2O4/c1-10(11-5-3-2-4-6-11)16-14-8-7-12(17(20)21)9-13(14)15(18)19/h2-10,16H,1H3,(H,18,19). The summed E-state index contributed by atoms with van der Waals surface area (Å²) in [4.78, 5) is 21.4. The predicted octanol–water partition coefficient (Wildman–Crippen LogP) is 3.47. The van der Waals surface area contributed by atoms with Gasteiger partial charge in [0.2, 0.25) is 0 Å². The van der Waals surface area contributed by atoms with Crippen molar-refractivity contribution in [2.75, 3.05) is 5.32 Å². The van der Waals surface area contributed by atoms with Crippen LogP contribution in [-0.2, 0) is 0 Å². The van der Waals surface area contributed by atoms with Crippen LogP contribution in [0.2, 0.25) is 0 Å². The van der Waals surface area contributed by atoms with E-state index in [-0.39, 0.29) is 17.3 Å². The molecule has 2 N–H and O–H groups in total. The molecule has 0 aliphatic heterocycles. The Labute approximate surface area is 121 Å². The number of nitrogens with zero attached hydrogens (tertiary/aromatic N) is 1. The van der Waals surface area contributed by atoms with Crippen LogP contribution in [0.4, 0.5) is 11.4 Å². The summed E-state index contributed by atoms with van der Waals surface area (Å²) in [6.45, 7) is 1.89. The van der Waals surface area contributed by atoms with E-state index < -0.39 is 10.9 Å². The highest BCUT2D eigenvalue weighted by Gasteiger charge is 2.17. The van der Waals surface area contributed by atoms with Gasteiger partial charge in [-0.1, -0.05) is 30.3 Å². The van der Waals surface area contributed by atoms with Gasteiger partial charge in [-0.15, -0.1) is 0 Å². The molecule has 0 saturated carbocycles. The van der Waals surface area contributed by atoms with Crippen molar-refractivity contribution in [2.24, 2.45) is 0 Å². The summed E-state index contributed by atoms with van der Waals surface area (Å²) in [6.07, 6.45) is 0. The maximum atomic E-state index is 11.3. The summed E-state index contributed by atoms with van der Waals surface area (Å²) < 4.78 is 0. The second-order valence-electron chi connectivity index (χ2n) is 4.57. The number of carbonyl (C=O) groups is 1. The highest BCUT2D eigenvalue weighted by Crippen LogP contribution is 2.26. The van der Waals surface area contributed by atoms with Crippen molar-refractivity contribution in [3.63, 3.8) is 0 Å². The SMILES string of the molecule is CC(Nc1ccc([N+](=O)[O-])cc1C(=O)O)c1ccccc1. The predicted molar refractivity (Wildman–Crippen MR) is 78.5 cm³/mol. The van der Waals surface area contributed by atoms with Crippen LogP contribution in [0.1, 0.15) is 28.9 Å². The van der Waals surface area contributed by atoms with E-state index in [1.54, 1.807) is 0 Å². The Morgan fingerprint density at radius 2 is 1.90 bits per heavy atom. The van der Waals surface area contributed by atoms with Crippen LogP contribution in [-0.4, -0.2) is 16.0 Å². The van der Waals surface area contributed by atoms with Gasteiger partial charge in [-0.2, -0.15) is 0 Å². The third kappa shape index (κ3) is 3.36. The summed E-state index contributed by atoms with van der Waals surface area (Å²) in [5, 5.41) is 23.0. The lowest BCUT2D eigenvalue weighted by Gasteiger charge is -2.17. The summed E-state index contributed by atoms with van der Waals surface area (Å²) in [6, 6.07) is 13.2. The van der Waals surface area contributed by atoms with E-state index >= 15 is 0 Å². The molecule has 2 rings (SSSR count). The average Bonchev–Trinajstić information content (AvgIpc) is 2.48. The first-order chi connectivity index (χ1) is 9.99. The van der Waals surface area contributed by atoms with Crippen LogP contribution in [0.3, 0.4) is 0 Å². The number of nitro benzene ring substituents is 1. The van der Waals surface area contributed by atoms with Crippen LogP contribution in [0.25, 0.3) is 0 Å². The van der Waals surface area contributed by atoms with Gasteiger partial charge in [0.1, 0.15) is 0 Å². The van der Waals surface area contributed by atoms with Gasteiger partial charge in [0.05, 0.1) is 10.5 Å². The van der Waals surface area contributed by atoms with Crippen LogP contribution in [0.15, 0.2) is 48.5 Å². The number of hydrogen-bond acceptors (Lipinski definition) is 4. The van der Waals surface area contributed by atoms with Crippen molar-refractivity contribution in [1.29, 1.82) is 0 Å². The lowest BCUT2D eigenvalue weighted by molar-refractivity contribution is -0.384. The highest BCUT2D eigenvalue weighted by molar-refractivity contribution is 5.95. The zero-order chi connectivity index (χ0) is 15.4. The molecule has 1 atom stereocenters. The van der Waals surface area contributed by atoms with Crippen molar-refractivity contribution >= 4 is 17.3 Å². The van der Waals surface area contributed by atoms with E-state index in [0.29, 0.717) is 5.69 Å². The van der Waals surface area contributed by atoms with E-state index in [4.69, 9.17) is 0 Å². The largest absolute Gasteiger partial charge is 0.478 e. The third-order valence-electron chi connectivity index (χ3n) is 3.12. The fraction of sp³-hybridized carbons (Fsp3) is 0.133. The molecule has 1 unspecified atom stereocenters. The third-order valence-corrected chi connectivity index (χ3v) is 3.12. The van der Waals surface area contributed by atoms with Crippen LogP contribution in [0, 0.1) is 10.1 Å². The van der Waals surface area contributed by atoms with Crippen molar-refractivity contribution in [1.82, 2.24) is 0 Å². The first-order valence-electron chi connectivity index (χ1n) is 6.32. The average molecular weight is 286 g/mol. The minimum atomic E-state index is -1.21. The van der Waals surface area contributed by atoms with E-state index in [0.717, 1.165) is 11.6 Å². The quantitative estimate of drug-likeness (QED) is 0.648. The molecule has 0 aliphatic rings. The first-order valence-corrected chi connectivity index (χ1v) is 6.32. The van der Waals surface area contributed by atoms with E-state index in [1.165, 1.54) is 12.1 Å². The van der Waals surface area contributed by atoms with Crippen LogP contribution in [0.5, 0.6) is 0 Å². The number of carboxylic acids is 1. The summed E-state index contributed by atoms with van der Waals surface area (Å²) in [5.41, 5.74) is 0.980. The highest BCUT2D eigenvalue weighted by atomic mass is 16.6. The fourth-order valence-corrected chi connectivity index (χ4v) is 2.01. The molecule has 0 heterocycles. The maximum absolute atomic E-state index is 11.3. The van der Waals surface area contributed by atoms with Gasteiger partial charge >= 0.3 is 5.97 Å². The Hall–Kier alpha value is -2.89. The Morgan fingerprint density at radius 3 is 2.48 bits per heavy atom. The molecule has 0 radical (unpaired) electrons. The molecule has 2 aromatic rings. The summed E-state index contributed by atoms with van der Waals surface area (Å²) in [5.74, 6) is -1.21. The van der Waals surface area contributed by atoms with E-state index in [2.05, 4.69) is 5.32 Å². The second-order valence-corrected chi connectivity index (χ2v) is 4.57. The Morgan fingerprint density at radius 1 is 1.24 bits per heavy atom. The van der Waals surface area contributed by atoms with E-state index in [1.807, 2.05) is 37.3 Å². The fourth-order valence-electron chi connectivity index (χ4n) is 2.01. The molecule has 0 bridgehead atoms. The lowest BCUT2D eigenvalue weighted by atomic mass is 10.1. The number of nitrogens with one attached hydrogen (secondary N) is 1. The number of anilines is 1. The maximum Gasteiger partial charge on any atom is 0.338 e. The van der Waals surface area contributed by atoms with Gasteiger partial charge in [-0.3, -0.25) is 10.1 Å². The van der Waals surface area contributed by atoms with Gasteiger partial charge in [0.25, 0.3) is 5.69 Å². The molecule has 6 heteroatoms. The molecule has 6 nitrogen and oxygen atoms in total. The van der Waals surface area contributed by atoms with Gasteiger partial charge in [0.15, 0.2) is 0 Å². The van der Waals surface area contributed by atoms with Gasteiger partial charge in [0, 0.05) is 23.9 Å². The molecule has 0 saturated heterocycles. The lowest BCUT2D eigenvalue weighted by Crippen LogP contribution is -2.11. The topological polar surface area (TPSA) is 92.5 Å². The smallest absolute Gasteiger partial charge is 0.338 e. The Bertz CT molecular complexity index is 671. The number of aromatic carboxylic acids is 1. The molecule has 108 valence electrons. The molecule has 2 aromatic carbocycles. The molecule has 0 aliphatic carbocycles. The minimum Gasteiger partial charge on any atom is -0.478 e. The zero-order valence-corrected chi connectivity index (χ0v) is 11.3. The molecule has 0 aromatic heterocycles. The second kappa shape index (κ2) is 6.04. The Balaban J connectivity index is 2.31. The van der Waals surface area contributed by atoms with Gasteiger partial charge in [-0.05, 0) is 18.6 Å². The number of benzene rings is 2. The molecular weight excluding hydrogens is 272 g/mol. The number of rotatable bonds is 5. The number of hydrogen-bond donors (Lipinski definition) is 2. The van der Waals surface area contributed by atoms with Gasteiger partial charge in [-0.25, -0.2) is 4.79 Å². The van der Waals surface area contributed by atoms with Crippen molar-refractivity contribution in [3.8, 4) is 0 Å². The van der Waals surface area contributed by atoms with Crippen molar-refractivity contribution in [3.05, 3.63) is 69.8 Å². The van der Waals surface area contributed by atoms with Crippen molar-refractivity contribution < 1.29 is 14.8 Å². The van der Waals surface area contributed by atoms with E-state index in [9.17, 15) is 20.0 Å². The van der Waals surface area contributed by atoms with Crippen LogP contribution >= 0.6 is 0 Å². The number of nitro groups is 1. The molecule has 21 heavy (non-hydrogen) atoms.